The van der Waals surface area contributed by atoms with E-state index in [1.165, 1.54) is 35.7 Å². The van der Waals surface area contributed by atoms with Crippen molar-refractivity contribution in [3.05, 3.63) is 70.8 Å². The summed E-state index contributed by atoms with van der Waals surface area (Å²) in [4.78, 5) is 21.1. The first-order valence-corrected chi connectivity index (χ1v) is 9.86. The Morgan fingerprint density at radius 2 is 1.88 bits per heavy atom. The van der Waals surface area contributed by atoms with E-state index in [9.17, 15) is 4.79 Å². The van der Waals surface area contributed by atoms with Crippen molar-refractivity contribution in [2.45, 2.75) is 38.3 Å². The summed E-state index contributed by atoms with van der Waals surface area (Å²) in [7, 11) is 0. The molecular weight excluding hydrogens is 342 g/mol. The van der Waals surface area contributed by atoms with E-state index in [4.69, 9.17) is 0 Å². The molecule has 132 valence electrons. The molecule has 1 aliphatic rings. The van der Waals surface area contributed by atoms with Gasteiger partial charge in [0.1, 0.15) is 0 Å². The van der Waals surface area contributed by atoms with Gasteiger partial charge in [-0.15, -0.1) is 0 Å². The molecular formula is C21H21N3OS. The molecule has 0 amide bonds. The minimum absolute atomic E-state index is 0.114. The molecule has 0 aliphatic heterocycles. The fourth-order valence-electron chi connectivity index (χ4n) is 3.71. The van der Waals surface area contributed by atoms with Crippen LogP contribution in [0.5, 0.6) is 0 Å². The number of hydrogen-bond donors (Lipinski definition) is 0. The molecule has 26 heavy (non-hydrogen) atoms. The quantitative estimate of drug-likeness (QED) is 0.384. The van der Waals surface area contributed by atoms with Gasteiger partial charge >= 0.3 is 0 Å². The number of carbonyl (C=O) groups is 1. The zero-order valence-corrected chi connectivity index (χ0v) is 15.8. The van der Waals surface area contributed by atoms with Crippen LogP contribution in [-0.4, -0.2) is 26.1 Å². The van der Waals surface area contributed by atoms with Crippen molar-refractivity contribution in [1.29, 1.82) is 0 Å². The molecule has 0 spiro atoms. The molecule has 0 saturated carbocycles. The highest BCUT2D eigenvalue weighted by Crippen LogP contribution is 2.28. The number of aryl methyl sites for hydroxylation is 3. The van der Waals surface area contributed by atoms with Crippen LogP contribution in [0.2, 0.25) is 0 Å². The predicted molar refractivity (Wildman–Crippen MR) is 104 cm³/mol. The summed E-state index contributed by atoms with van der Waals surface area (Å²) in [5.74, 6) is 0.460. The van der Waals surface area contributed by atoms with Gasteiger partial charge in [-0.05, 0) is 68.5 Å². The second-order valence-electron chi connectivity index (χ2n) is 6.67. The first-order chi connectivity index (χ1) is 12.6. The maximum Gasteiger partial charge on any atom is 0.187 e. The zero-order valence-electron chi connectivity index (χ0n) is 15.0. The summed E-state index contributed by atoms with van der Waals surface area (Å²) >= 11 is 1.38. The summed E-state index contributed by atoms with van der Waals surface area (Å²) in [6.45, 7) is 4.08. The summed E-state index contributed by atoms with van der Waals surface area (Å²) < 4.78 is 2.19. The van der Waals surface area contributed by atoms with E-state index in [1.807, 2.05) is 13.0 Å². The van der Waals surface area contributed by atoms with Crippen LogP contribution in [0.4, 0.5) is 0 Å². The van der Waals surface area contributed by atoms with E-state index < -0.39 is 0 Å². The van der Waals surface area contributed by atoms with Gasteiger partial charge in [-0.1, -0.05) is 17.8 Å². The van der Waals surface area contributed by atoms with Gasteiger partial charge in [0.05, 0.1) is 5.75 Å². The van der Waals surface area contributed by atoms with Crippen LogP contribution < -0.4 is 0 Å². The van der Waals surface area contributed by atoms with Crippen molar-refractivity contribution in [2.24, 2.45) is 0 Å². The molecule has 1 aromatic carbocycles. The molecule has 0 saturated heterocycles. The van der Waals surface area contributed by atoms with E-state index in [1.54, 1.807) is 18.5 Å². The fourth-order valence-corrected chi connectivity index (χ4v) is 4.39. The highest BCUT2D eigenvalue weighted by molar-refractivity contribution is 7.99. The molecule has 4 nitrogen and oxygen atoms in total. The average Bonchev–Trinajstić information content (AvgIpc) is 3.24. The van der Waals surface area contributed by atoms with E-state index in [2.05, 4.69) is 39.7 Å². The average molecular weight is 363 g/mol. The first kappa shape index (κ1) is 17.0. The van der Waals surface area contributed by atoms with Gasteiger partial charge in [0, 0.05) is 35.0 Å². The molecule has 4 rings (SSSR count). The van der Waals surface area contributed by atoms with Crippen molar-refractivity contribution in [3.8, 4) is 5.69 Å². The Kier molecular flexibility index (Phi) is 4.64. The largest absolute Gasteiger partial charge is 0.318 e. The monoisotopic (exact) mass is 363 g/mol. The van der Waals surface area contributed by atoms with Crippen molar-refractivity contribution >= 4 is 17.5 Å². The van der Waals surface area contributed by atoms with Crippen LogP contribution in [0.1, 0.15) is 39.3 Å². The number of hydrogen-bond acceptors (Lipinski definition) is 4. The minimum atomic E-state index is 0.114. The van der Waals surface area contributed by atoms with Gasteiger partial charge in [-0.2, -0.15) is 0 Å². The summed E-state index contributed by atoms with van der Waals surface area (Å²) in [5.41, 5.74) is 6.93. The molecule has 2 heterocycles. The van der Waals surface area contributed by atoms with Crippen molar-refractivity contribution < 1.29 is 4.79 Å². The van der Waals surface area contributed by atoms with Crippen LogP contribution in [0, 0.1) is 13.8 Å². The Morgan fingerprint density at radius 1 is 1.12 bits per heavy atom. The predicted octanol–water partition coefficient (Wildman–Crippen LogP) is 4.35. The van der Waals surface area contributed by atoms with E-state index in [0.29, 0.717) is 10.9 Å². The third-order valence-electron chi connectivity index (χ3n) is 4.95. The molecule has 0 unspecified atom stereocenters. The standard InChI is InChI=1S/C21H21N3OS/c1-14-11-19(20(25)13-26-21-22-9-4-10-23-21)15(2)24(14)18-8-7-16-5-3-6-17(16)12-18/h4,7-12H,3,5-6,13H2,1-2H3. The molecule has 0 fully saturated rings. The molecule has 2 aromatic heterocycles. The Balaban J connectivity index is 1.59. The van der Waals surface area contributed by atoms with E-state index in [0.717, 1.165) is 29.1 Å². The van der Waals surface area contributed by atoms with Gasteiger partial charge in [0.2, 0.25) is 0 Å². The third kappa shape index (κ3) is 3.19. The second kappa shape index (κ2) is 7.08. The van der Waals surface area contributed by atoms with Crippen molar-refractivity contribution in [1.82, 2.24) is 14.5 Å². The number of aromatic nitrogens is 3. The van der Waals surface area contributed by atoms with E-state index in [-0.39, 0.29) is 5.78 Å². The Morgan fingerprint density at radius 3 is 2.69 bits per heavy atom. The highest BCUT2D eigenvalue weighted by atomic mass is 32.2. The zero-order chi connectivity index (χ0) is 18.1. The number of rotatable bonds is 5. The number of ketones is 1. The molecule has 1 aliphatic carbocycles. The van der Waals surface area contributed by atoms with E-state index >= 15 is 0 Å². The van der Waals surface area contributed by atoms with Gasteiger partial charge in [-0.3, -0.25) is 4.79 Å². The number of carbonyl (C=O) groups excluding carboxylic acids is 1. The van der Waals surface area contributed by atoms with Crippen molar-refractivity contribution in [2.75, 3.05) is 5.75 Å². The van der Waals surface area contributed by atoms with Crippen molar-refractivity contribution in [3.63, 3.8) is 0 Å². The summed E-state index contributed by atoms with van der Waals surface area (Å²) in [5, 5.41) is 0.633. The lowest BCUT2D eigenvalue weighted by Gasteiger charge is -2.12. The molecule has 0 bridgehead atoms. The molecule has 0 radical (unpaired) electrons. The maximum atomic E-state index is 12.7. The van der Waals surface area contributed by atoms with Gasteiger partial charge < -0.3 is 4.57 Å². The summed E-state index contributed by atoms with van der Waals surface area (Å²) in [6, 6.07) is 10.5. The summed E-state index contributed by atoms with van der Waals surface area (Å²) in [6.07, 6.45) is 6.97. The topological polar surface area (TPSA) is 47.8 Å². The SMILES string of the molecule is Cc1cc(C(=O)CSc2ncccn2)c(C)n1-c1ccc2c(c1)CCC2. The molecule has 3 aromatic rings. The molecule has 0 atom stereocenters. The fraction of sp³-hybridized carbons (Fsp3) is 0.286. The van der Waals surface area contributed by atoms with Crippen LogP contribution >= 0.6 is 11.8 Å². The lowest BCUT2D eigenvalue weighted by molar-refractivity contribution is 0.102. The Bertz CT molecular complexity index is 963. The number of nitrogens with zero attached hydrogens (tertiary/aromatic N) is 3. The first-order valence-electron chi connectivity index (χ1n) is 8.87. The Labute approximate surface area is 157 Å². The van der Waals surface area contributed by atoms with Crippen LogP contribution in [-0.2, 0) is 12.8 Å². The lowest BCUT2D eigenvalue weighted by Crippen LogP contribution is -2.06. The number of thioether (sulfide) groups is 1. The smallest absolute Gasteiger partial charge is 0.187 e. The van der Waals surface area contributed by atoms with Gasteiger partial charge in [-0.25, -0.2) is 9.97 Å². The number of Topliss-reactive ketones (excluding diaryl/α,β-unsaturated/α-hetero) is 1. The second-order valence-corrected chi connectivity index (χ2v) is 7.61. The van der Waals surface area contributed by atoms with Gasteiger partial charge in [0.15, 0.2) is 10.9 Å². The van der Waals surface area contributed by atoms with Crippen LogP contribution in [0.15, 0.2) is 47.9 Å². The highest BCUT2D eigenvalue weighted by Gasteiger charge is 2.18. The normalized spacial score (nSPS) is 13.0. The molecule has 0 N–H and O–H groups in total. The minimum Gasteiger partial charge on any atom is -0.318 e. The van der Waals surface area contributed by atoms with Crippen LogP contribution in [0.3, 0.4) is 0 Å². The third-order valence-corrected chi connectivity index (χ3v) is 5.82. The van der Waals surface area contributed by atoms with Crippen LogP contribution in [0.25, 0.3) is 5.69 Å². The molecule has 5 heteroatoms. The maximum absolute atomic E-state index is 12.7. The van der Waals surface area contributed by atoms with Gasteiger partial charge in [0.25, 0.3) is 0 Å². The lowest BCUT2D eigenvalue weighted by atomic mass is 10.1. The number of benzene rings is 1. The number of fused-ring (bicyclic) bond motifs is 1. The Hall–Kier alpha value is -2.40.